The summed E-state index contributed by atoms with van der Waals surface area (Å²) in [7, 11) is 0. The summed E-state index contributed by atoms with van der Waals surface area (Å²) in [6.07, 6.45) is 5.58. The van der Waals surface area contributed by atoms with E-state index in [2.05, 4.69) is 19.9 Å². The summed E-state index contributed by atoms with van der Waals surface area (Å²) in [5.41, 5.74) is 2.35. The van der Waals surface area contributed by atoms with E-state index in [9.17, 15) is 4.39 Å². The molecule has 0 unspecified atom stereocenters. The van der Waals surface area contributed by atoms with Crippen molar-refractivity contribution >= 4 is 5.69 Å². The minimum absolute atomic E-state index is 0.233. The average molecular weight is 296 g/mol. The van der Waals surface area contributed by atoms with E-state index in [-0.39, 0.29) is 5.82 Å². The fourth-order valence-corrected chi connectivity index (χ4v) is 2.61. The Kier molecular flexibility index (Phi) is 3.07. The van der Waals surface area contributed by atoms with E-state index in [1.807, 2.05) is 6.07 Å². The predicted molar refractivity (Wildman–Crippen MR) is 78.7 cm³/mol. The van der Waals surface area contributed by atoms with Crippen molar-refractivity contribution < 1.29 is 8.81 Å². The molecule has 6 heteroatoms. The fourth-order valence-electron chi connectivity index (χ4n) is 2.61. The smallest absolute Gasteiger partial charge is 0.247 e. The first-order chi connectivity index (χ1) is 10.8. The Labute approximate surface area is 126 Å². The lowest BCUT2D eigenvalue weighted by molar-refractivity contribution is 0.497. The first-order valence-corrected chi connectivity index (χ1v) is 7.05. The van der Waals surface area contributed by atoms with Crippen LogP contribution in [0.1, 0.15) is 11.5 Å². The molecule has 22 heavy (non-hydrogen) atoms. The Bertz CT molecular complexity index is 803. The van der Waals surface area contributed by atoms with Crippen molar-refractivity contribution in [2.75, 3.05) is 11.4 Å². The number of anilines is 1. The van der Waals surface area contributed by atoms with Gasteiger partial charge in [-0.3, -0.25) is 4.98 Å². The molecule has 0 bridgehead atoms. The van der Waals surface area contributed by atoms with Gasteiger partial charge in [0.25, 0.3) is 0 Å². The molecule has 1 aliphatic heterocycles. The van der Waals surface area contributed by atoms with Gasteiger partial charge in [0.1, 0.15) is 23.0 Å². The van der Waals surface area contributed by atoms with E-state index in [1.165, 1.54) is 12.1 Å². The SMILES string of the molecule is Fc1cccc(N2CCc3oc(-c4cnccn4)nc3C2)c1. The summed E-state index contributed by atoms with van der Waals surface area (Å²) in [6, 6.07) is 6.60. The van der Waals surface area contributed by atoms with Gasteiger partial charge in [0.15, 0.2) is 0 Å². The van der Waals surface area contributed by atoms with Crippen molar-refractivity contribution in [3.05, 3.63) is 60.1 Å². The highest BCUT2D eigenvalue weighted by molar-refractivity contribution is 5.50. The molecule has 0 saturated heterocycles. The molecule has 4 rings (SSSR count). The molecule has 5 nitrogen and oxygen atoms in total. The summed E-state index contributed by atoms with van der Waals surface area (Å²) in [6.45, 7) is 1.37. The van der Waals surface area contributed by atoms with Crippen LogP contribution in [-0.2, 0) is 13.0 Å². The number of nitrogens with zero attached hydrogens (tertiary/aromatic N) is 4. The van der Waals surface area contributed by atoms with Gasteiger partial charge in [-0.15, -0.1) is 0 Å². The lowest BCUT2D eigenvalue weighted by atomic mass is 10.1. The van der Waals surface area contributed by atoms with Gasteiger partial charge in [-0.1, -0.05) is 6.07 Å². The summed E-state index contributed by atoms with van der Waals surface area (Å²) >= 11 is 0. The van der Waals surface area contributed by atoms with Crippen LogP contribution < -0.4 is 4.90 Å². The first kappa shape index (κ1) is 12.9. The van der Waals surface area contributed by atoms with Crippen molar-refractivity contribution in [3.63, 3.8) is 0 Å². The highest BCUT2D eigenvalue weighted by Gasteiger charge is 2.23. The van der Waals surface area contributed by atoms with Gasteiger partial charge in [-0.05, 0) is 18.2 Å². The molecule has 0 N–H and O–H groups in total. The zero-order chi connectivity index (χ0) is 14.9. The van der Waals surface area contributed by atoms with Crippen LogP contribution in [0.4, 0.5) is 10.1 Å². The summed E-state index contributed by atoms with van der Waals surface area (Å²) in [5, 5.41) is 0. The van der Waals surface area contributed by atoms with Crippen LogP contribution in [0.5, 0.6) is 0 Å². The van der Waals surface area contributed by atoms with Crippen molar-refractivity contribution in [2.45, 2.75) is 13.0 Å². The van der Waals surface area contributed by atoms with Crippen LogP contribution in [0.3, 0.4) is 0 Å². The second-order valence-corrected chi connectivity index (χ2v) is 5.13. The number of fused-ring (bicyclic) bond motifs is 1. The fraction of sp³-hybridized carbons (Fsp3) is 0.188. The Morgan fingerprint density at radius 3 is 3.00 bits per heavy atom. The quantitative estimate of drug-likeness (QED) is 0.728. The molecule has 0 amide bonds. The van der Waals surface area contributed by atoms with E-state index in [1.54, 1.807) is 24.7 Å². The maximum Gasteiger partial charge on any atom is 0.247 e. The number of hydrogen-bond acceptors (Lipinski definition) is 5. The summed E-state index contributed by atoms with van der Waals surface area (Å²) in [4.78, 5) is 14.8. The molecular formula is C16H13FN4O. The number of halogens is 1. The van der Waals surface area contributed by atoms with E-state index in [4.69, 9.17) is 4.42 Å². The van der Waals surface area contributed by atoms with Crippen LogP contribution in [-0.4, -0.2) is 21.5 Å². The standard InChI is InChI=1S/C16H13FN4O/c17-11-2-1-3-12(8-11)21-7-4-15-14(10-21)20-16(22-15)13-9-18-5-6-19-13/h1-3,5-6,8-9H,4,7,10H2. The molecule has 0 fully saturated rings. The van der Waals surface area contributed by atoms with Crippen LogP contribution in [0, 0.1) is 5.82 Å². The van der Waals surface area contributed by atoms with E-state index < -0.39 is 0 Å². The summed E-state index contributed by atoms with van der Waals surface area (Å²) < 4.78 is 19.2. The van der Waals surface area contributed by atoms with Crippen molar-refractivity contribution in [1.29, 1.82) is 0 Å². The first-order valence-electron chi connectivity index (χ1n) is 7.05. The molecule has 0 spiro atoms. The zero-order valence-electron chi connectivity index (χ0n) is 11.7. The second kappa shape index (κ2) is 5.22. The lowest BCUT2D eigenvalue weighted by Gasteiger charge is -2.27. The average Bonchev–Trinajstić information content (AvgIpc) is 2.99. The third kappa shape index (κ3) is 2.32. The van der Waals surface area contributed by atoms with Crippen LogP contribution in [0.25, 0.3) is 11.6 Å². The van der Waals surface area contributed by atoms with Gasteiger partial charge in [0.05, 0.1) is 12.7 Å². The molecule has 1 aromatic carbocycles. The largest absolute Gasteiger partial charge is 0.439 e. The van der Waals surface area contributed by atoms with Crippen LogP contribution >= 0.6 is 0 Å². The molecule has 0 atom stereocenters. The van der Waals surface area contributed by atoms with Gasteiger partial charge >= 0.3 is 0 Å². The van der Waals surface area contributed by atoms with Gasteiger partial charge in [-0.25, -0.2) is 14.4 Å². The zero-order valence-corrected chi connectivity index (χ0v) is 11.7. The topological polar surface area (TPSA) is 55.1 Å². The molecule has 110 valence electrons. The Hall–Kier alpha value is -2.76. The number of aromatic nitrogens is 3. The van der Waals surface area contributed by atoms with Crippen LogP contribution in [0.2, 0.25) is 0 Å². The third-order valence-electron chi connectivity index (χ3n) is 3.68. The maximum absolute atomic E-state index is 13.4. The van der Waals surface area contributed by atoms with E-state index in [0.717, 1.165) is 30.1 Å². The molecule has 2 aromatic heterocycles. The van der Waals surface area contributed by atoms with Crippen molar-refractivity contribution in [1.82, 2.24) is 15.0 Å². The third-order valence-corrected chi connectivity index (χ3v) is 3.68. The minimum atomic E-state index is -0.233. The van der Waals surface area contributed by atoms with Gasteiger partial charge in [0, 0.05) is 31.0 Å². The normalized spacial score (nSPS) is 14.0. The number of benzene rings is 1. The van der Waals surface area contributed by atoms with Crippen molar-refractivity contribution in [2.24, 2.45) is 0 Å². The second-order valence-electron chi connectivity index (χ2n) is 5.13. The van der Waals surface area contributed by atoms with Gasteiger partial charge < -0.3 is 9.32 Å². The van der Waals surface area contributed by atoms with Crippen LogP contribution in [0.15, 0.2) is 47.3 Å². The monoisotopic (exact) mass is 296 g/mol. The molecule has 0 saturated carbocycles. The molecule has 1 aliphatic rings. The highest BCUT2D eigenvalue weighted by Crippen LogP contribution is 2.27. The molecule has 3 heterocycles. The molecule has 0 aliphatic carbocycles. The van der Waals surface area contributed by atoms with E-state index in [0.29, 0.717) is 18.1 Å². The Morgan fingerprint density at radius 2 is 2.18 bits per heavy atom. The molecule has 3 aromatic rings. The Balaban J connectivity index is 1.63. The van der Waals surface area contributed by atoms with E-state index >= 15 is 0 Å². The minimum Gasteiger partial charge on any atom is -0.439 e. The highest BCUT2D eigenvalue weighted by atomic mass is 19.1. The Morgan fingerprint density at radius 1 is 1.23 bits per heavy atom. The van der Waals surface area contributed by atoms with Gasteiger partial charge in [0.2, 0.25) is 5.89 Å². The van der Waals surface area contributed by atoms with Gasteiger partial charge in [-0.2, -0.15) is 0 Å². The maximum atomic E-state index is 13.4. The predicted octanol–water partition coefficient (Wildman–Crippen LogP) is 2.83. The molecule has 0 radical (unpaired) electrons. The number of oxazole rings is 1. The molecular weight excluding hydrogens is 283 g/mol. The number of hydrogen-bond donors (Lipinski definition) is 0. The van der Waals surface area contributed by atoms with Crippen molar-refractivity contribution in [3.8, 4) is 11.6 Å². The number of rotatable bonds is 2. The summed E-state index contributed by atoms with van der Waals surface area (Å²) in [5.74, 6) is 1.12. The lowest BCUT2D eigenvalue weighted by Crippen LogP contribution is -2.30.